The monoisotopic (exact) mass is 272 g/mol. The SMILES string of the molecule is CC[C@H](O)c1ccccc1OCc1ccc(OC)cc1. The zero-order valence-corrected chi connectivity index (χ0v) is 11.9. The summed E-state index contributed by atoms with van der Waals surface area (Å²) in [4.78, 5) is 0. The molecule has 3 nitrogen and oxygen atoms in total. The van der Waals surface area contributed by atoms with Crippen molar-refractivity contribution in [3.63, 3.8) is 0 Å². The molecule has 1 atom stereocenters. The summed E-state index contributed by atoms with van der Waals surface area (Å²) in [5.74, 6) is 1.56. The van der Waals surface area contributed by atoms with Gasteiger partial charge in [-0.05, 0) is 30.2 Å². The van der Waals surface area contributed by atoms with E-state index in [4.69, 9.17) is 9.47 Å². The molecule has 0 heterocycles. The fraction of sp³-hybridized carbons (Fsp3) is 0.294. The zero-order valence-electron chi connectivity index (χ0n) is 11.9. The molecule has 0 saturated carbocycles. The van der Waals surface area contributed by atoms with Gasteiger partial charge in [-0.15, -0.1) is 0 Å². The van der Waals surface area contributed by atoms with E-state index in [-0.39, 0.29) is 0 Å². The third-order valence-electron chi connectivity index (χ3n) is 3.22. The van der Waals surface area contributed by atoms with Crippen molar-refractivity contribution in [2.75, 3.05) is 7.11 Å². The summed E-state index contributed by atoms with van der Waals surface area (Å²) in [6.45, 7) is 2.42. The minimum atomic E-state index is -0.484. The van der Waals surface area contributed by atoms with Gasteiger partial charge < -0.3 is 14.6 Å². The fourth-order valence-corrected chi connectivity index (χ4v) is 1.99. The molecular weight excluding hydrogens is 252 g/mol. The molecule has 0 bridgehead atoms. The highest BCUT2D eigenvalue weighted by molar-refractivity contribution is 5.35. The predicted molar refractivity (Wildman–Crippen MR) is 79.0 cm³/mol. The Labute approximate surface area is 119 Å². The Morgan fingerprint density at radius 2 is 1.75 bits per heavy atom. The van der Waals surface area contributed by atoms with Crippen LogP contribution in [0, 0.1) is 0 Å². The largest absolute Gasteiger partial charge is 0.497 e. The first-order valence-electron chi connectivity index (χ1n) is 6.77. The number of aliphatic hydroxyl groups excluding tert-OH is 1. The highest BCUT2D eigenvalue weighted by Gasteiger charge is 2.10. The van der Waals surface area contributed by atoms with Crippen molar-refractivity contribution in [2.45, 2.75) is 26.1 Å². The third kappa shape index (κ3) is 3.52. The molecule has 2 aromatic carbocycles. The summed E-state index contributed by atoms with van der Waals surface area (Å²) < 4.78 is 10.9. The van der Waals surface area contributed by atoms with E-state index in [0.29, 0.717) is 13.0 Å². The van der Waals surface area contributed by atoms with Gasteiger partial charge in [0.2, 0.25) is 0 Å². The number of benzene rings is 2. The van der Waals surface area contributed by atoms with Crippen LogP contribution in [0.3, 0.4) is 0 Å². The maximum Gasteiger partial charge on any atom is 0.125 e. The lowest BCUT2D eigenvalue weighted by atomic mass is 10.1. The predicted octanol–water partition coefficient (Wildman–Crippen LogP) is 3.72. The topological polar surface area (TPSA) is 38.7 Å². The van der Waals surface area contributed by atoms with Crippen molar-refractivity contribution in [1.29, 1.82) is 0 Å². The van der Waals surface area contributed by atoms with Crippen molar-refractivity contribution in [1.82, 2.24) is 0 Å². The van der Waals surface area contributed by atoms with Gasteiger partial charge in [-0.1, -0.05) is 37.3 Å². The van der Waals surface area contributed by atoms with Gasteiger partial charge in [0.25, 0.3) is 0 Å². The Kier molecular flexibility index (Phi) is 5.02. The van der Waals surface area contributed by atoms with Crippen LogP contribution in [0.15, 0.2) is 48.5 Å². The van der Waals surface area contributed by atoms with Gasteiger partial charge in [0.15, 0.2) is 0 Å². The molecule has 0 aliphatic rings. The molecule has 0 saturated heterocycles. The van der Waals surface area contributed by atoms with Crippen LogP contribution in [0.25, 0.3) is 0 Å². The van der Waals surface area contributed by atoms with Crippen molar-refractivity contribution < 1.29 is 14.6 Å². The summed E-state index contributed by atoms with van der Waals surface area (Å²) >= 11 is 0. The van der Waals surface area contributed by atoms with Crippen molar-refractivity contribution in [2.24, 2.45) is 0 Å². The van der Waals surface area contributed by atoms with Crippen LogP contribution in [0.2, 0.25) is 0 Å². The molecule has 0 unspecified atom stereocenters. The van der Waals surface area contributed by atoms with Gasteiger partial charge in [-0.2, -0.15) is 0 Å². The van der Waals surface area contributed by atoms with E-state index in [9.17, 15) is 5.11 Å². The van der Waals surface area contributed by atoms with Crippen molar-refractivity contribution in [3.8, 4) is 11.5 Å². The molecule has 0 radical (unpaired) electrons. The molecule has 0 aromatic heterocycles. The van der Waals surface area contributed by atoms with Gasteiger partial charge in [-0.25, -0.2) is 0 Å². The second-order valence-electron chi connectivity index (χ2n) is 4.60. The van der Waals surface area contributed by atoms with Gasteiger partial charge in [0.05, 0.1) is 13.2 Å². The Bertz CT molecular complexity index is 534. The van der Waals surface area contributed by atoms with Crippen LogP contribution in [-0.4, -0.2) is 12.2 Å². The van der Waals surface area contributed by atoms with Gasteiger partial charge in [-0.3, -0.25) is 0 Å². The number of para-hydroxylation sites is 1. The first kappa shape index (κ1) is 14.4. The van der Waals surface area contributed by atoms with Crippen LogP contribution in [-0.2, 0) is 6.61 Å². The Balaban J connectivity index is 2.06. The lowest BCUT2D eigenvalue weighted by molar-refractivity contribution is 0.166. The van der Waals surface area contributed by atoms with E-state index >= 15 is 0 Å². The number of hydrogen-bond donors (Lipinski definition) is 1. The molecule has 0 aliphatic carbocycles. The molecule has 2 aromatic rings. The summed E-state index contributed by atoms with van der Waals surface area (Å²) in [6.07, 6.45) is 0.185. The van der Waals surface area contributed by atoms with Crippen LogP contribution in [0.5, 0.6) is 11.5 Å². The van der Waals surface area contributed by atoms with E-state index in [2.05, 4.69) is 0 Å². The minimum absolute atomic E-state index is 0.470. The van der Waals surface area contributed by atoms with Crippen LogP contribution < -0.4 is 9.47 Å². The van der Waals surface area contributed by atoms with E-state index in [1.54, 1.807) is 7.11 Å². The Morgan fingerprint density at radius 1 is 1.05 bits per heavy atom. The smallest absolute Gasteiger partial charge is 0.125 e. The molecule has 2 rings (SSSR count). The molecular formula is C17H20O3. The Morgan fingerprint density at radius 3 is 2.40 bits per heavy atom. The Hall–Kier alpha value is -2.00. The van der Waals surface area contributed by atoms with Crippen LogP contribution in [0.1, 0.15) is 30.6 Å². The third-order valence-corrected chi connectivity index (χ3v) is 3.22. The van der Waals surface area contributed by atoms with E-state index in [1.807, 2.05) is 55.5 Å². The maximum atomic E-state index is 9.98. The molecule has 3 heteroatoms. The number of hydrogen-bond acceptors (Lipinski definition) is 3. The zero-order chi connectivity index (χ0) is 14.4. The summed E-state index contributed by atoms with van der Waals surface area (Å²) in [7, 11) is 1.65. The molecule has 0 fully saturated rings. The number of rotatable bonds is 6. The maximum absolute atomic E-state index is 9.98. The highest BCUT2D eigenvalue weighted by atomic mass is 16.5. The average molecular weight is 272 g/mol. The van der Waals surface area contributed by atoms with E-state index in [1.165, 1.54) is 0 Å². The number of ether oxygens (including phenoxy) is 2. The molecule has 106 valence electrons. The molecule has 0 amide bonds. The lowest BCUT2D eigenvalue weighted by Gasteiger charge is -2.15. The quantitative estimate of drug-likeness (QED) is 0.871. The van der Waals surface area contributed by atoms with Gasteiger partial charge in [0.1, 0.15) is 18.1 Å². The van der Waals surface area contributed by atoms with Crippen molar-refractivity contribution >= 4 is 0 Å². The minimum Gasteiger partial charge on any atom is -0.497 e. The second-order valence-corrected chi connectivity index (χ2v) is 4.60. The molecule has 1 N–H and O–H groups in total. The standard InChI is InChI=1S/C17H20O3/c1-3-16(18)15-6-4-5-7-17(15)20-12-13-8-10-14(19-2)11-9-13/h4-11,16,18H,3,12H2,1-2H3/t16-/m0/s1. The van der Waals surface area contributed by atoms with Crippen LogP contribution in [0.4, 0.5) is 0 Å². The summed E-state index contributed by atoms with van der Waals surface area (Å²) in [5, 5.41) is 9.98. The highest BCUT2D eigenvalue weighted by Crippen LogP contribution is 2.27. The lowest BCUT2D eigenvalue weighted by Crippen LogP contribution is -2.02. The first-order valence-corrected chi connectivity index (χ1v) is 6.77. The van der Waals surface area contributed by atoms with Gasteiger partial charge >= 0.3 is 0 Å². The number of aliphatic hydroxyl groups is 1. The summed E-state index contributed by atoms with van der Waals surface area (Å²) in [6, 6.07) is 15.4. The van der Waals surface area contributed by atoms with Crippen molar-refractivity contribution in [3.05, 3.63) is 59.7 Å². The molecule has 20 heavy (non-hydrogen) atoms. The average Bonchev–Trinajstić information content (AvgIpc) is 2.53. The number of methoxy groups -OCH3 is 1. The fourth-order valence-electron chi connectivity index (χ4n) is 1.99. The van der Waals surface area contributed by atoms with E-state index in [0.717, 1.165) is 22.6 Å². The van der Waals surface area contributed by atoms with Gasteiger partial charge in [0, 0.05) is 5.56 Å². The van der Waals surface area contributed by atoms with E-state index < -0.39 is 6.10 Å². The molecule has 0 aliphatic heterocycles. The summed E-state index contributed by atoms with van der Waals surface area (Å²) in [5.41, 5.74) is 1.90. The molecule has 0 spiro atoms. The second kappa shape index (κ2) is 6.96. The first-order chi connectivity index (χ1) is 9.74. The normalized spacial score (nSPS) is 11.9. The van der Waals surface area contributed by atoms with Crippen LogP contribution >= 0.6 is 0 Å².